The maximum Gasteiger partial charge on any atom is 0.345 e. The summed E-state index contributed by atoms with van der Waals surface area (Å²) in [7, 11) is -0.209. The maximum absolute atomic E-state index is 12.4. The highest BCUT2D eigenvalue weighted by Crippen LogP contribution is 2.33. The fourth-order valence-corrected chi connectivity index (χ4v) is 6.09. The first-order valence-electron chi connectivity index (χ1n) is 10.9. The fourth-order valence-electron chi connectivity index (χ4n) is 4.01. The van der Waals surface area contributed by atoms with E-state index in [9.17, 15) is 4.79 Å². The predicted molar refractivity (Wildman–Crippen MR) is 128 cm³/mol. The molecule has 0 N–H and O–H groups in total. The van der Waals surface area contributed by atoms with Crippen molar-refractivity contribution in [2.24, 2.45) is 0 Å². The minimum atomic E-state index is -0.626. The Hall–Kier alpha value is -3.16. The molecule has 4 rings (SSSR count). The lowest BCUT2D eigenvalue weighted by Gasteiger charge is -2.23. The maximum atomic E-state index is 12.4. The molecule has 162 valence electrons. The van der Waals surface area contributed by atoms with E-state index in [-0.39, 0.29) is 23.5 Å². The summed E-state index contributed by atoms with van der Waals surface area (Å²) >= 11 is 0. The van der Waals surface area contributed by atoms with Gasteiger partial charge in [-0.05, 0) is 81.1 Å². The highest BCUT2D eigenvalue weighted by atomic mass is 32.2. The standard InChI is InChI=1S/C28H27O3S/c1-2-19-28(20-9-10-21-28)31-27(29)22-30-23-15-17-26(18-16-23)32(24-11-5-3-6-12-24)25-13-7-4-8-14-25/h3-8,11-18H,9-10,20-22H2,1H3/q+1. The van der Waals surface area contributed by atoms with Crippen LogP contribution in [0.1, 0.15) is 32.6 Å². The molecule has 0 unspecified atom stereocenters. The topological polar surface area (TPSA) is 35.5 Å². The smallest absolute Gasteiger partial charge is 0.345 e. The minimum absolute atomic E-state index is 0.116. The highest BCUT2D eigenvalue weighted by molar-refractivity contribution is 7.97. The first-order chi connectivity index (χ1) is 15.7. The van der Waals surface area contributed by atoms with E-state index in [1.807, 2.05) is 24.3 Å². The van der Waals surface area contributed by atoms with E-state index in [0.717, 1.165) is 25.7 Å². The highest BCUT2D eigenvalue weighted by Gasteiger charge is 2.36. The molecule has 1 aliphatic carbocycles. The van der Waals surface area contributed by atoms with Crippen molar-refractivity contribution in [1.29, 1.82) is 0 Å². The largest absolute Gasteiger partial charge is 0.482 e. The molecule has 0 aromatic heterocycles. The lowest BCUT2D eigenvalue weighted by Crippen LogP contribution is -2.32. The van der Waals surface area contributed by atoms with Gasteiger partial charge in [0.1, 0.15) is 5.75 Å². The van der Waals surface area contributed by atoms with Crippen molar-refractivity contribution in [3.63, 3.8) is 0 Å². The number of hydrogen-bond donors (Lipinski definition) is 0. The third kappa shape index (κ3) is 5.36. The molecular formula is C28H27O3S+. The van der Waals surface area contributed by atoms with E-state index < -0.39 is 5.60 Å². The molecule has 0 spiro atoms. The van der Waals surface area contributed by atoms with Crippen molar-refractivity contribution in [3.05, 3.63) is 84.9 Å². The molecule has 4 heteroatoms. The summed E-state index contributed by atoms with van der Waals surface area (Å²) in [5.74, 6) is 6.28. The van der Waals surface area contributed by atoms with Gasteiger partial charge < -0.3 is 9.47 Å². The average Bonchev–Trinajstić information content (AvgIpc) is 3.28. The summed E-state index contributed by atoms with van der Waals surface area (Å²) in [5.41, 5.74) is -0.626. The molecule has 0 radical (unpaired) electrons. The zero-order valence-electron chi connectivity index (χ0n) is 18.3. The SMILES string of the molecule is CC#CC1(OC(=O)COc2ccc([S+](c3ccccc3)c3ccccc3)cc2)CCCC1. The van der Waals surface area contributed by atoms with Crippen LogP contribution in [0, 0.1) is 11.8 Å². The van der Waals surface area contributed by atoms with Crippen LogP contribution in [0.2, 0.25) is 0 Å². The second kappa shape index (κ2) is 10.4. The molecule has 0 atom stereocenters. The third-order valence-corrected chi connectivity index (χ3v) is 7.68. The Morgan fingerprint density at radius 3 is 1.91 bits per heavy atom. The molecule has 0 amide bonds. The number of rotatable bonds is 7. The number of ether oxygens (including phenoxy) is 2. The summed E-state index contributed by atoms with van der Waals surface area (Å²) in [6.45, 7) is 1.67. The Kier molecular flexibility index (Phi) is 7.19. The van der Waals surface area contributed by atoms with Gasteiger partial charge >= 0.3 is 5.97 Å². The van der Waals surface area contributed by atoms with Crippen LogP contribution in [0.3, 0.4) is 0 Å². The van der Waals surface area contributed by atoms with Crippen molar-refractivity contribution in [2.45, 2.75) is 52.9 Å². The molecule has 32 heavy (non-hydrogen) atoms. The van der Waals surface area contributed by atoms with Gasteiger partial charge in [0.2, 0.25) is 0 Å². The second-order valence-electron chi connectivity index (χ2n) is 7.74. The van der Waals surface area contributed by atoms with Crippen LogP contribution in [0.5, 0.6) is 5.75 Å². The van der Waals surface area contributed by atoms with Gasteiger partial charge in [-0.15, -0.1) is 5.92 Å². The number of carbonyl (C=O) groups is 1. The Balaban J connectivity index is 1.45. The third-order valence-electron chi connectivity index (χ3n) is 5.45. The lowest BCUT2D eigenvalue weighted by molar-refractivity contribution is -0.156. The second-order valence-corrected chi connectivity index (χ2v) is 9.77. The van der Waals surface area contributed by atoms with E-state index in [1.165, 1.54) is 14.7 Å². The number of hydrogen-bond acceptors (Lipinski definition) is 3. The van der Waals surface area contributed by atoms with Gasteiger partial charge in [-0.25, -0.2) is 4.79 Å². The van der Waals surface area contributed by atoms with Crippen LogP contribution in [0.15, 0.2) is 99.6 Å². The fraction of sp³-hybridized carbons (Fsp3) is 0.250. The number of benzene rings is 3. The van der Waals surface area contributed by atoms with E-state index >= 15 is 0 Å². The first-order valence-corrected chi connectivity index (χ1v) is 12.1. The van der Waals surface area contributed by atoms with Gasteiger partial charge in [0.05, 0.1) is 10.9 Å². The summed E-state index contributed by atoms with van der Waals surface area (Å²) in [4.78, 5) is 16.1. The predicted octanol–water partition coefficient (Wildman–Crippen LogP) is 6.04. The first kappa shape index (κ1) is 22.0. The summed E-state index contributed by atoms with van der Waals surface area (Å²) < 4.78 is 11.4. The Morgan fingerprint density at radius 2 is 1.38 bits per heavy atom. The van der Waals surface area contributed by atoms with Crippen LogP contribution in [-0.2, 0) is 20.4 Å². The molecule has 3 aromatic rings. The van der Waals surface area contributed by atoms with Gasteiger partial charge in [0.15, 0.2) is 26.9 Å². The van der Waals surface area contributed by atoms with Gasteiger partial charge in [0.25, 0.3) is 0 Å². The van der Waals surface area contributed by atoms with Crippen LogP contribution < -0.4 is 4.74 Å². The van der Waals surface area contributed by atoms with Crippen molar-refractivity contribution < 1.29 is 14.3 Å². The summed E-state index contributed by atoms with van der Waals surface area (Å²) in [6, 6.07) is 29.0. The average molecular weight is 444 g/mol. The van der Waals surface area contributed by atoms with Crippen LogP contribution in [-0.4, -0.2) is 18.2 Å². The molecule has 1 saturated carbocycles. The van der Waals surface area contributed by atoms with Gasteiger partial charge in [-0.1, -0.05) is 42.3 Å². The van der Waals surface area contributed by atoms with Crippen molar-refractivity contribution >= 4 is 16.9 Å². The van der Waals surface area contributed by atoms with Gasteiger partial charge in [-0.3, -0.25) is 0 Å². The normalized spacial score (nSPS) is 14.4. The molecular weight excluding hydrogens is 416 g/mol. The summed E-state index contributed by atoms with van der Waals surface area (Å²) in [6.07, 6.45) is 3.68. The van der Waals surface area contributed by atoms with Gasteiger partial charge in [-0.2, -0.15) is 0 Å². The Labute approximate surface area is 193 Å². The molecule has 0 aliphatic heterocycles. The summed E-state index contributed by atoms with van der Waals surface area (Å²) in [5, 5.41) is 0. The van der Waals surface area contributed by atoms with Crippen LogP contribution in [0.25, 0.3) is 0 Å². The molecule has 0 bridgehead atoms. The Bertz CT molecular complexity index is 1040. The quantitative estimate of drug-likeness (QED) is 0.254. The molecule has 0 saturated heterocycles. The van der Waals surface area contributed by atoms with Crippen LogP contribution >= 0.6 is 0 Å². The zero-order chi connectivity index (χ0) is 22.2. The molecule has 3 nitrogen and oxygen atoms in total. The molecule has 1 fully saturated rings. The number of esters is 1. The van der Waals surface area contributed by atoms with E-state index in [2.05, 4.69) is 72.5 Å². The molecule has 0 heterocycles. The van der Waals surface area contributed by atoms with E-state index in [1.54, 1.807) is 6.92 Å². The molecule has 3 aromatic carbocycles. The zero-order valence-corrected chi connectivity index (χ0v) is 19.1. The van der Waals surface area contributed by atoms with E-state index in [0.29, 0.717) is 5.75 Å². The van der Waals surface area contributed by atoms with Gasteiger partial charge in [0, 0.05) is 0 Å². The molecule has 1 aliphatic rings. The van der Waals surface area contributed by atoms with Crippen molar-refractivity contribution in [3.8, 4) is 17.6 Å². The lowest BCUT2D eigenvalue weighted by atomic mass is 10.0. The van der Waals surface area contributed by atoms with Crippen molar-refractivity contribution in [1.82, 2.24) is 0 Å². The Morgan fingerprint density at radius 1 is 0.844 bits per heavy atom. The van der Waals surface area contributed by atoms with Crippen LogP contribution in [0.4, 0.5) is 0 Å². The monoisotopic (exact) mass is 443 g/mol. The minimum Gasteiger partial charge on any atom is -0.482 e. The van der Waals surface area contributed by atoms with Crippen molar-refractivity contribution in [2.75, 3.05) is 6.61 Å². The number of carbonyl (C=O) groups excluding carboxylic acids is 1. The van der Waals surface area contributed by atoms with E-state index in [4.69, 9.17) is 9.47 Å².